The zero-order chi connectivity index (χ0) is 22.8. The fraction of sp³-hybridized carbons (Fsp3) is 0.0800. The molecule has 5 aromatic rings. The van der Waals surface area contributed by atoms with Gasteiger partial charge >= 0.3 is 0 Å². The summed E-state index contributed by atoms with van der Waals surface area (Å²) in [6.45, 7) is 1.98. The van der Waals surface area contributed by atoms with Crippen LogP contribution in [0.25, 0.3) is 22.3 Å². The Labute approximate surface area is 190 Å². The minimum atomic E-state index is -0.911. The number of aromatic amines is 1. The number of nitrogen functional groups attached to an aromatic ring is 1. The van der Waals surface area contributed by atoms with E-state index in [0.29, 0.717) is 17.2 Å². The number of nitrogens with zero attached hydrogens (tertiary/aromatic N) is 3. The Kier molecular flexibility index (Phi) is 5.34. The third-order valence-corrected chi connectivity index (χ3v) is 5.41. The molecule has 0 saturated heterocycles. The minimum absolute atomic E-state index is 0.488. The Balaban J connectivity index is 1.40. The van der Waals surface area contributed by atoms with Gasteiger partial charge in [0.05, 0.1) is 11.0 Å². The summed E-state index contributed by atoms with van der Waals surface area (Å²) in [4.78, 5) is 16.8. The van der Waals surface area contributed by atoms with Crippen LogP contribution in [0.4, 0.5) is 23.0 Å². The highest BCUT2D eigenvalue weighted by molar-refractivity contribution is 5.90. The number of nitrogens with two attached hydrogens (primary N) is 1. The van der Waals surface area contributed by atoms with E-state index in [9.17, 15) is 5.11 Å². The molecule has 1 unspecified atom stereocenters. The molecule has 1 atom stereocenters. The van der Waals surface area contributed by atoms with E-state index in [0.717, 1.165) is 39.2 Å². The number of aromatic nitrogens is 4. The van der Waals surface area contributed by atoms with Crippen LogP contribution in [0.1, 0.15) is 17.4 Å². The number of pyridine rings is 1. The third-order valence-electron chi connectivity index (χ3n) is 5.41. The van der Waals surface area contributed by atoms with Crippen molar-refractivity contribution in [1.82, 2.24) is 19.9 Å². The summed E-state index contributed by atoms with van der Waals surface area (Å²) in [6, 6.07) is 18.8. The number of nitrogens with one attached hydrogen (secondary N) is 3. The first-order chi connectivity index (χ1) is 16.1. The number of para-hydroxylation sites is 1. The van der Waals surface area contributed by atoms with Crippen LogP contribution in [0, 0.1) is 6.92 Å². The van der Waals surface area contributed by atoms with Crippen molar-refractivity contribution in [1.29, 1.82) is 0 Å². The quantitative estimate of drug-likeness (QED) is 0.192. The lowest BCUT2D eigenvalue weighted by atomic mass is 10.1. The van der Waals surface area contributed by atoms with Crippen LogP contribution in [0.15, 0.2) is 79.3 Å². The van der Waals surface area contributed by atoms with Gasteiger partial charge in [0.15, 0.2) is 6.23 Å². The van der Waals surface area contributed by atoms with Crippen molar-refractivity contribution in [2.75, 3.05) is 16.4 Å². The molecule has 0 saturated carbocycles. The number of rotatable bonds is 6. The molecular weight excluding hydrogens is 414 g/mol. The molecule has 0 amide bonds. The monoisotopic (exact) mass is 437 g/mol. The molecule has 5 rings (SSSR count). The standard InChI is InChI=1S/C25H23N7O/c1-15-13-17(29-24(33)18-6-2-3-7-19(18)26)8-9-20(15)30-25-31-21-10-12-28-23(21)22(32-25)16-5-4-11-27-14-16/h2-14,24,28-29,33H,26H2,1H3,(H,30,31,32). The van der Waals surface area contributed by atoms with Gasteiger partial charge < -0.3 is 26.5 Å². The largest absolute Gasteiger partial charge is 0.398 e. The Hall–Kier alpha value is -4.43. The minimum Gasteiger partial charge on any atom is -0.398 e. The highest BCUT2D eigenvalue weighted by atomic mass is 16.3. The van der Waals surface area contributed by atoms with E-state index in [2.05, 4.69) is 25.6 Å². The molecule has 8 nitrogen and oxygen atoms in total. The Morgan fingerprint density at radius 3 is 2.70 bits per heavy atom. The summed E-state index contributed by atoms with van der Waals surface area (Å²) < 4.78 is 0. The van der Waals surface area contributed by atoms with Crippen LogP contribution in [0.5, 0.6) is 0 Å². The molecule has 164 valence electrons. The molecule has 0 aliphatic heterocycles. The number of fused-ring (bicyclic) bond motifs is 1. The molecular formula is C25H23N7O. The van der Waals surface area contributed by atoms with Crippen LogP contribution < -0.4 is 16.4 Å². The van der Waals surface area contributed by atoms with E-state index in [-0.39, 0.29) is 0 Å². The van der Waals surface area contributed by atoms with E-state index in [1.54, 1.807) is 24.5 Å². The van der Waals surface area contributed by atoms with Gasteiger partial charge in [-0.2, -0.15) is 0 Å². The molecule has 3 aromatic heterocycles. The molecule has 0 spiro atoms. The second-order valence-electron chi connectivity index (χ2n) is 7.71. The predicted octanol–water partition coefficient (Wildman–Crippen LogP) is 4.76. The maximum atomic E-state index is 10.5. The van der Waals surface area contributed by atoms with E-state index >= 15 is 0 Å². The van der Waals surface area contributed by atoms with Crippen LogP contribution in [0.2, 0.25) is 0 Å². The van der Waals surface area contributed by atoms with Gasteiger partial charge in [-0.15, -0.1) is 0 Å². The summed E-state index contributed by atoms with van der Waals surface area (Å²) in [5.74, 6) is 0.488. The molecule has 0 aliphatic rings. The van der Waals surface area contributed by atoms with Gasteiger partial charge in [-0.05, 0) is 55.0 Å². The SMILES string of the molecule is Cc1cc(NC(O)c2ccccc2N)ccc1Nc1nc(-c2cccnc2)c2[nH]ccc2n1. The summed E-state index contributed by atoms with van der Waals surface area (Å²) in [7, 11) is 0. The number of aryl methyl sites for hydroxylation is 1. The van der Waals surface area contributed by atoms with Crippen LogP contribution in [-0.2, 0) is 0 Å². The van der Waals surface area contributed by atoms with Crippen molar-refractivity contribution in [3.05, 3.63) is 90.4 Å². The molecule has 6 N–H and O–H groups in total. The Bertz CT molecular complexity index is 1420. The number of benzene rings is 2. The number of aliphatic hydroxyl groups is 1. The Morgan fingerprint density at radius 2 is 1.91 bits per heavy atom. The maximum Gasteiger partial charge on any atom is 0.228 e. The number of aliphatic hydroxyl groups excluding tert-OH is 1. The second kappa shape index (κ2) is 8.60. The number of hydrogen-bond donors (Lipinski definition) is 5. The number of anilines is 4. The lowest BCUT2D eigenvalue weighted by molar-refractivity contribution is 0.209. The molecule has 33 heavy (non-hydrogen) atoms. The van der Waals surface area contributed by atoms with Gasteiger partial charge in [0.25, 0.3) is 0 Å². The van der Waals surface area contributed by atoms with E-state index in [1.807, 2.05) is 61.7 Å². The van der Waals surface area contributed by atoms with Crippen molar-refractivity contribution in [2.24, 2.45) is 0 Å². The van der Waals surface area contributed by atoms with Gasteiger partial charge in [-0.1, -0.05) is 18.2 Å². The second-order valence-corrected chi connectivity index (χ2v) is 7.71. The lowest BCUT2D eigenvalue weighted by Gasteiger charge is -2.18. The molecule has 0 bridgehead atoms. The van der Waals surface area contributed by atoms with Gasteiger partial charge in [0, 0.05) is 46.8 Å². The Morgan fingerprint density at radius 1 is 1.03 bits per heavy atom. The summed E-state index contributed by atoms with van der Waals surface area (Å²) in [5.41, 5.74) is 13.1. The van der Waals surface area contributed by atoms with Gasteiger partial charge in [0.1, 0.15) is 5.69 Å². The number of H-pyrrole nitrogens is 1. The molecule has 3 heterocycles. The highest BCUT2D eigenvalue weighted by Crippen LogP contribution is 2.29. The van der Waals surface area contributed by atoms with E-state index < -0.39 is 6.23 Å². The van der Waals surface area contributed by atoms with E-state index in [4.69, 9.17) is 10.7 Å². The normalized spacial score (nSPS) is 11.9. The molecule has 2 aromatic carbocycles. The maximum absolute atomic E-state index is 10.5. The first kappa shape index (κ1) is 20.5. The van der Waals surface area contributed by atoms with Gasteiger partial charge in [-0.3, -0.25) is 4.98 Å². The van der Waals surface area contributed by atoms with Crippen molar-refractivity contribution >= 4 is 34.0 Å². The zero-order valence-corrected chi connectivity index (χ0v) is 17.9. The van der Waals surface area contributed by atoms with Crippen LogP contribution in [-0.4, -0.2) is 25.0 Å². The van der Waals surface area contributed by atoms with E-state index in [1.165, 1.54) is 0 Å². The summed E-state index contributed by atoms with van der Waals surface area (Å²) >= 11 is 0. The first-order valence-corrected chi connectivity index (χ1v) is 10.5. The van der Waals surface area contributed by atoms with Crippen molar-refractivity contribution in [3.63, 3.8) is 0 Å². The van der Waals surface area contributed by atoms with Gasteiger partial charge in [-0.25, -0.2) is 9.97 Å². The topological polar surface area (TPSA) is 125 Å². The fourth-order valence-corrected chi connectivity index (χ4v) is 3.72. The predicted molar refractivity (Wildman–Crippen MR) is 131 cm³/mol. The smallest absolute Gasteiger partial charge is 0.228 e. The highest BCUT2D eigenvalue weighted by Gasteiger charge is 2.13. The molecule has 0 radical (unpaired) electrons. The average Bonchev–Trinajstić information content (AvgIpc) is 3.30. The van der Waals surface area contributed by atoms with Crippen molar-refractivity contribution in [3.8, 4) is 11.3 Å². The summed E-state index contributed by atoms with van der Waals surface area (Å²) in [5, 5.41) is 16.9. The molecule has 0 fully saturated rings. The van der Waals surface area contributed by atoms with Crippen molar-refractivity contribution in [2.45, 2.75) is 13.2 Å². The molecule has 8 heteroatoms. The van der Waals surface area contributed by atoms with Crippen LogP contribution >= 0.6 is 0 Å². The zero-order valence-electron chi connectivity index (χ0n) is 17.9. The average molecular weight is 438 g/mol. The fourth-order valence-electron chi connectivity index (χ4n) is 3.72. The molecule has 0 aliphatic carbocycles. The number of hydrogen-bond acceptors (Lipinski definition) is 7. The lowest BCUT2D eigenvalue weighted by Crippen LogP contribution is -2.12. The summed E-state index contributed by atoms with van der Waals surface area (Å²) in [6.07, 6.45) is 4.45. The third kappa shape index (κ3) is 4.19. The van der Waals surface area contributed by atoms with Gasteiger partial charge in [0.2, 0.25) is 5.95 Å². The van der Waals surface area contributed by atoms with Crippen molar-refractivity contribution < 1.29 is 5.11 Å². The first-order valence-electron chi connectivity index (χ1n) is 10.5. The van der Waals surface area contributed by atoms with Crippen LogP contribution in [0.3, 0.4) is 0 Å².